The molecule has 0 radical (unpaired) electrons. The molecule has 0 unspecified atom stereocenters. The summed E-state index contributed by atoms with van der Waals surface area (Å²) in [4.78, 5) is 10.4. The molecule has 6 nitrogen and oxygen atoms in total. The summed E-state index contributed by atoms with van der Waals surface area (Å²) in [6.07, 6.45) is -0.0471. The summed E-state index contributed by atoms with van der Waals surface area (Å²) in [6.45, 7) is 0.711. The van der Waals surface area contributed by atoms with Crippen LogP contribution in [-0.4, -0.2) is 42.6 Å². The molecule has 0 bridgehead atoms. The molecule has 1 aromatic rings. The molecule has 0 spiro atoms. The third-order valence-electron chi connectivity index (χ3n) is 2.77. The van der Waals surface area contributed by atoms with Crippen LogP contribution in [0.2, 0.25) is 0 Å². The summed E-state index contributed by atoms with van der Waals surface area (Å²) >= 11 is 0. The number of carboxylic acid groups (broad SMARTS) is 1. The molecule has 0 fully saturated rings. The lowest BCUT2D eigenvalue weighted by Gasteiger charge is -2.21. The Morgan fingerprint density at radius 3 is 2.45 bits per heavy atom. The molecule has 7 heteroatoms. The molecule has 0 aromatic heterocycles. The van der Waals surface area contributed by atoms with Crippen molar-refractivity contribution >= 4 is 16.0 Å². The Balaban J connectivity index is 2.70. The smallest absolute Gasteiger partial charge is 0.303 e. The molecule has 0 saturated heterocycles. The van der Waals surface area contributed by atoms with Crippen LogP contribution in [0, 0.1) is 0 Å². The van der Waals surface area contributed by atoms with E-state index in [1.54, 1.807) is 0 Å². The molecule has 0 atom stereocenters. The minimum absolute atomic E-state index is 0.105. The molecule has 1 rings (SSSR count). The molecule has 20 heavy (non-hydrogen) atoms. The van der Waals surface area contributed by atoms with E-state index in [1.165, 1.54) is 4.31 Å². The zero-order valence-electron chi connectivity index (χ0n) is 11.2. The Bertz CT molecular complexity index is 516. The van der Waals surface area contributed by atoms with Crippen LogP contribution in [0.3, 0.4) is 0 Å². The van der Waals surface area contributed by atoms with Crippen molar-refractivity contribution in [2.45, 2.75) is 19.4 Å². The summed E-state index contributed by atoms with van der Waals surface area (Å²) in [7, 11) is -3.49. The van der Waals surface area contributed by atoms with Gasteiger partial charge in [-0.1, -0.05) is 30.3 Å². The van der Waals surface area contributed by atoms with E-state index >= 15 is 0 Å². The second-order valence-corrected chi connectivity index (χ2v) is 6.51. The second kappa shape index (κ2) is 7.98. The van der Waals surface area contributed by atoms with Crippen LogP contribution in [0.1, 0.15) is 18.4 Å². The summed E-state index contributed by atoms with van der Waals surface area (Å²) in [5.74, 6) is -1.17. The van der Waals surface area contributed by atoms with Crippen molar-refractivity contribution < 1.29 is 18.3 Å². The van der Waals surface area contributed by atoms with Crippen LogP contribution >= 0.6 is 0 Å². The second-order valence-electron chi connectivity index (χ2n) is 4.42. The number of sulfonamides is 1. The third-order valence-corrected chi connectivity index (χ3v) is 4.67. The number of carboxylic acids is 1. The Hall–Kier alpha value is -1.44. The predicted octanol–water partition coefficient (Wildman–Crippen LogP) is 0.642. The summed E-state index contributed by atoms with van der Waals surface area (Å²) in [6, 6.07) is 9.23. The van der Waals surface area contributed by atoms with Gasteiger partial charge >= 0.3 is 5.97 Å². The Kier molecular flexibility index (Phi) is 6.63. The summed E-state index contributed by atoms with van der Waals surface area (Å²) < 4.78 is 25.7. The van der Waals surface area contributed by atoms with E-state index in [0.717, 1.165) is 5.56 Å². The van der Waals surface area contributed by atoms with E-state index in [-0.39, 0.29) is 38.2 Å². The lowest BCUT2D eigenvalue weighted by atomic mass is 10.2. The lowest BCUT2D eigenvalue weighted by Crippen LogP contribution is -2.36. The van der Waals surface area contributed by atoms with E-state index in [4.69, 9.17) is 10.8 Å². The minimum Gasteiger partial charge on any atom is -0.481 e. The van der Waals surface area contributed by atoms with Gasteiger partial charge in [-0.15, -0.1) is 0 Å². The highest BCUT2D eigenvalue weighted by atomic mass is 32.2. The molecule has 0 aliphatic carbocycles. The molecule has 0 aliphatic heterocycles. The van der Waals surface area contributed by atoms with Crippen LogP contribution in [-0.2, 0) is 21.4 Å². The van der Waals surface area contributed by atoms with Crippen molar-refractivity contribution in [1.82, 2.24) is 4.31 Å². The zero-order valence-corrected chi connectivity index (χ0v) is 12.1. The normalized spacial score (nSPS) is 11.7. The van der Waals surface area contributed by atoms with Gasteiger partial charge in [0, 0.05) is 26.1 Å². The van der Waals surface area contributed by atoms with Crippen LogP contribution < -0.4 is 5.73 Å². The fourth-order valence-corrected chi connectivity index (χ4v) is 3.28. The molecule has 0 amide bonds. The van der Waals surface area contributed by atoms with Gasteiger partial charge in [-0.05, 0) is 12.0 Å². The van der Waals surface area contributed by atoms with E-state index < -0.39 is 16.0 Å². The van der Waals surface area contributed by atoms with Gasteiger partial charge in [0.25, 0.3) is 0 Å². The molecule has 112 valence electrons. The fourth-order valence-electron chi connectivity index (χ4n) is 1.78. The predicted molar refractivity (Wildman–Crippen MR) is 76.6 cm³/mol. The largest absolute Gasteiger partial charge is 0.481 e. The van der Waals surface area contributed by atoms with Gasteiger partial charge in [-0.25, -0.2) is 8.42 Å². The number of hydrogen-bond donors (Lipinski definition) is 2. The topological polar surface area (TPSA) is 101 Å². The van der Waals surface area contributed by atoms with E-state index in [1.807, 2.05) is 30.3 Å². The number of nitrogens with two attached hydrogens (primary N) is 1. The Morgan fingerprint density at radius 2 is 1.90 bits per heavy atom. The van der Waals surface area contributed by atoms with Gasteiger partial charge in [0.2, 0.25) is 10.0 Å². The number of benzene rings is 1. The monoisotopic (exact) mass is 300 g/mol. The van der Waals surface area contributed by atoms with Gasteiger partial charge in [0.15, 0.2) is 0 Å². The molecular weight excluding hydrogens is 280 g/mol. The molecule has 0 heterocycles. The highest BCUT2D eigenvalue weighted by Gasteiger charge is 2.21. The molecular formula is C13H20N2O4S. The number of rotatable bonds is 9. The molecule has 1 aromatic carbocycles. The van der Waals surface area contributed by atoms with E-state index in [2.05, 4.69) is 0 Å². The van der Waals surface area contributed by atoms with Gasteiger partial charge in [-0.2, -0.15) is 4.31 Å². The van der Waals surface area contributed by atoms with Crippen molar-refractivity contribution in [2.24, 2.45) is 5.73 Å². The number of aliphatic carboxylic acids is 1. The van der Waals surface area contributed by atoms with E-state index in [9.17, 15) is 13.2 Å². The Morgan fingerprint density at radius 1 is 1.25 bits per heavy atom. The SMILES string of the molecule is NCCN(Cc1ccccc1)S(=O)(=O)CCCC(=O)O. The average Bonchev–Trinajstić information content (AvgIpc) is 2.38. The van der Waals surface area contributed by atoms with Crippen molar-refractivity contribution in [3.63, 3.8) is 0 Å². The highest BCUT2D eigenvalue weighted by molar-refractivity contribution is 7.89. The number of hydrogen-bond acceptors (Lipinski definition) is 4. The molecule has 0 saturated carbocycles. The average molecular weight is 300 g/mol. The van der Waals surface area contributed by atoms with Crippen LogP contribution in [0.25, 0.3) is 0 Å². The van der Waals surface area contributed by atoms with Crippen LogP contribution in [0.15, 0.2) is 30.3 Å². The zero-order chi connectivity index (χ0) is 15.0. The first-order chi connectivity index (χ1) is 9.45. The summed E-state index contributed by atoms with van der Waals surface area (Å²) in [5.41, 5.74) is 6.33. The molecule has 0 aliphatic rings. The minimum atomic E-state index is -3.49. The van der Waals surface area contributed by atoms with Crippen LogP contribution in [0.4, 0.5) is 0 Å². The Labute approximate surface area is 119 Å². The first-order valence-corrected chi connectivity index (χ1v) is 8.00. The standard InChI is InChI=1S/C13H20N2O4S/c14-8-9-15(11-12-5-2-1-3-6-12)20(18,19)10-4-7-13(16)17/h1-3,5-6H,4,7-11,14H2,(H,16,17). The van der Waals surface area contributed by atoms with Crippen molar-refractivity contribution in [3.8, 4) is 0 Å². The first kappa shape index (κ1) is 16.6. The van der Waals surface area contributed by atoms with Crippen molar-refractivity contribution in [3.05, 3.63) is 35.9 Å². The van der Waals surface area contributed by atoms with Crippen molar-refractivity contribution in [1.29, 1.82) is 0 Å². The van der Waals surface area contributed by atoms with Gasteiger partial charge < -0.3 is 10.8 Å². The third kappa shape index (κ3) is 5.68. The summed E-state index contributed by atoms with van der Waals surface area (Å²) in [5, 5.41) is 8.56. The van der Waals surface area contributed by atoms with Crippen LogP contribution in [0.5, 0.6) is 0 Å². The highest BCUT2D eigenvalue weighted by Crippen LogP contribution is 2.11. The maximum atomic E-state index is 12.2. The van der Waals surface area contributed by atoms with Gasteiger partial charge in [0.05, 0.1) is 5.75 Å². The number of nitrogens with zero attached hydrogens (tertiary/aromatic N) is 1. The molecule has 3 N–H and O–H groups in total. The fraction of sp³-hybridized carbons (Fsp3) is 0.462. The first-order valence-electron chi connectivity index (χ1n) is 6.39. The van der Waals surface area contributed by atoms with Gasteiger partial charge in [-0.3, -0.25) is 4.79 Å². The lowest BCUT2D eigenvalue weighted by molar-refractivity contribution is -0.137. The van der Waals surface area contributed by atoms with Gasteiger partial charge in [0.1, 0.15) is 0 Å². The van der Waals surface area contributed by atoms with E-state index in [0.29, 0.717) is 0 Å². The maximum Gasteiger partial charge on any atom is 0.303 e. The maximum absolute atomic E-state index is 12.2. The number of carbonyl (C=O) groups is 1. The quantitative estimate of drug-likeness (QED) is 0.697. The van der Waals surface area contributed by atoms with Crippen molar-refractivity contribution in [2.75, 3.05) is 18.8 Å².